The molecule has 2 fully saturated rings. The summed E-state index contributed by atoms with van der Waals surface area (Å²) in [7, 11) is 0. The molecule has 2 atom stereocenters. The molecule has 106 valence electrons. The van der Waals surface area contributed by atoms with E-state index in [1.807, 2.05) is 0 Å². The highest BCUT2D eigenvalue weighted by atomic mass is 16.5. The topological polar surface area (TPSA) is 60.2 Å². The average molecular weight is 265 g/mol. The van der Waals surface area contributed by atoms with Crippen LogP contribution in [0.5, 0.6) is 0 Å². The molecule has 0 aromatic carbocycles. The van der Waals surface area contributed by atoms with Crippen molar-refractivity contribution in [1.82, 2.24) is 15.5 Å². The molecule has 0 bridgehead atoms. The molecular formula is C14H23N3O2. The van der Waals surface area contributed by atoms with Crippen LogP contribution in [0, 0.1) is 5.92 Å². The third kappa shape index (κ3) is 2.41. The number of ether oxygens (including phenoxy) is 1. The van der Waals surface area contributed by atoms with E-state index in [-0.39, 0.29) is 11.5 Å². The molecule has 0 amide bonds. The van der Waals surface area contributed by atoms with E-state index in [4.69, 9.17) is 9.26 Å². The summed E-state index contributed by atoms with van der Waals surface area (Å²) in [6, 6.07) is 0. The van der Waals surface area contributed by atoms with Crippen LogP contribution in [0.4, 0.5) is 0 Å². The monoisotopic (exact) mass is 265 g/mol. The van der Waals surface area contributed by atoms with E-state index in [0.717, 1.165) is 57.1 Å². The first-order valence-corrected chi connectivity index (χ1v) is 7.36. The number of aromatic nitrogens is 2. The normalized spacial score (nSPS) is 31.4. The molecule has 0 spiro atoms. The van der Waals surface area contributed by atoms with Crippen LogP contribution in [-0.2, 0) is 16.6 Å². The SMILES string of the molecule is CC(C)C1(c2nc(CC3CCCO3)no2)CCNC1. The molecule has 3 heterocycles. The van der Waals surface area contributed by atoms with E-state index in [9.17, 15) is 0 Å². The van der Waals surface area contributed by atoms with Crippen molar-refractivity contribution in [3.8, 4) is 0 Å². The van der Waals surface area contributed by atoms with Crippen LogP contribution in [0.15, 0.2) is 4.52 Å². The van der Waals surface area contributed by atoms with Crippen molar-refractivity contribution < 1.29 is 9.26 Å². The molecule has 0 saturated carbocycles. The lowest BCUT2D eigenvalue weighted by Crippen LogP contribution is -2.35. The Hall–Kier alpha value is -0.940. The highest BCUT2D eigenvalue weighted by Gasteiger charge is 2.43. The van der Waals surface area contributed by atoms with Gasteiger partial charge < -0.3 is 14.6 Å². The predicted molar refractivity (Wildman–Crippen MR) is 71.0 cm³/mol. The zero-order valence-electron chi connectivity index (χ0n) is 11.8. The van der Waals surface area contributed by atoms with Crippen molar-refractivity contribution in [3.63, 3.8) is 0 Å². The molecule has 3 rings (SSSR count). The molecule has 19 heavy (non-hydrogen) atoms. The largest absolute Gasteiger partial charge is 0.378 e. The maximum Gasteiger partial charge on any atom is 0.234 e. The van der Waals surface area contributed by atoms with Gasteiger partial charge in [-0.3, -0.25) is 0 Å². The second kappa shape index (κ2) is 5.21. The van der Waals surface area contributed by atoms with E-state index < -0.39 is 0 Å². The fourth-order valence-electron chi connectivity index (χ4n) is 3.18. The highest BCUT2D eigenvalue weighted by Crippen LogP contribution is 2.37. The van der Waals surface area contributed by atoms with Gasteiger partial charge >= 0.3 is 0 Å². The first-order valence-electron chi connectivity index (χ1n) is 7.36. The predicted octanol–water partition coefficient (Wildman–Crippen LogP) is 1.68. The third-order valence-corrected chi connectivity index (χ3v) is 4.62. The van der Waals surface area contributed by atoms with Crippen LogP contribution in [0.1, 0.15) is 44.8 Å². The van der Waals surface area contributed by atoms with Gasteiger partial charge in [0.25, 0.3) is 0 Å². The van der Waals surface area contributed by atoms with E-state index in [1.165, 1.54) is 0 Å². The zero-order chi connectivity index (χ0) is 13.3. The standard InChI is InChI=1S/C14H23N3O2/c1-10(2)14(5-6-15-9-14)13-16-12(17-19-13)8-11-4-3-7-18-11/h10-11,15H,3-9H2,1-2H3. The Balaban J connectivity index is 1.75. The summed E-state index contributed by atoms with van der Waals surface area (Å²) in [6.07, 6.45) is 4.40. The summed E-state index contributed by atoms with van der Waals surface area (Å²) < 4.78 is 11.2. The van der Waals surface area contributed by atoms with Gasteiger partial charge in [0.15, 0.2) is 5.82 Å². The third-order valence-electron chi connectivity index (χ3n) is 4.62. The molecule has 0 aliphatic carbocycles. The average Bonchev–Trinajstić information content (AvgIpc) is 3.10. The van der Waals surface area contributed by atoms with Gasteiger partial charge in [0, 0.05) is 19.6 Å². The Morgan fingerprint density at radius 2 is 2.37 bits per heavy atom. The van der Waals surface area contributed by atoms with Crippen LogP contribution in [0.2, 0.25) is 0 Å². The Kier molecular flexibility index (Phi) is 3.58. The van der Waals surface area contributed by atoms with Crippen LogP contribution in [-0.4, -0.2) is 35.9 Å². The summed E-state index contributed by atoms with van der Waals surface area (Å²) >= 11 is 0. The van der Waals surface area contributed by atoms with Crippen LogP contribution in [0.25, 0.3) is 0 Å². The molecule has 1 N–H and O–H groups in total. The number of nitrogens with one attached hydrogen (secondary N) is 1. The van der Waals surface area contributed by atoms with Crippen molar-refractivity contribution >= 4 is 0 Å². The van der Waals surface area contributed by atoms with E-state index >= 15 is 0 Å². The molecule has 1 aromatic rings. The van der Waals surface area contributed by atoms with Crippen molar-refractivity contribution in [1.29, 1.82) is 0 Å². The van der Waals surface area contributed by atoms with Crippen LogP contribution < -0.4 is 5.32 Å². The molecule has 1 aromatic heterocycles. The molecule has 5 nitrogen and oxygen atoms in total. The second-order valence-corrected chi connectivity index (χ2v) is 6.09. The quantitative estimate of drug-likeness (QED) is 0.897. The van der Waals surface area contributed by atoms with Gasteiger partial charge in [-0.1, -0.05) is 19.0 Å². The molecule has 2 aliphatic heterocycles. The van der Waals surface area contributed by atoms with Crippen LogP contribution >= 0.6 is 0 Å². The summed E-state index contributed by atoms with van der Waals surface area (Å²) in [5, 5.41) is 7.58. The lowest BCUT2D eigenvalue weighted by Gasteiger charge is -2.28. The number of nitrogens with zero attached hydrogens (tertiary/aromatic N) is 2. The fourth-order valence-corrected chi connectivity index (χ4v) is 3.18. The maximum atomic E-state index is 5.63. The molecule has 2 saturated heterocycles. The van der Waals surface area contributed by atoms with Crippen molar-refractivity contribution in [3.05, 3.63) is 11.7 Å². The van der Waals surface area contributed by atoms with Gasteiger partial charge in [-0.05, 0) is 31.7 Å². The lowest BCUT2D eigenvalue weighted by molar-refractivity contribution is 0.109. The van der Waals surface area contributed by atoms with Crippen molar-refractivity contribution in [2.24, 2.45) is 5.92 Å². The summed E-state index contributed by atoms with van der Waals surface area (Å²) in [4.78, 5) is 4.65. The molecule has 0 radical (unpaired) electrons. The van der Waals surface area contributed by atoms with E-state index in [0.29, 0.717) is 5.92 Å². The van der Waals surface area contributed by atoms with Gasteiger partial charge in [0.2, 0.25) is 5.89 Å². The van der Waals surface area contributed by atoms with Crippen molar-refractivity contribution in [2.75, 3.05) is 19.7 Å². The first kappa shape index (κ1) is 13.1. The molecule has 5 heteroatoms. The van der Waals surface area contributed by atoms with Crippen molar-refractivity contribution in [2.45, 2.75) is 51.0 Å². The minimum absolute atomic E-state index is 0.0157. The Morgan fingerprint density at radius 1 is 1.47 bits per heavy atom. The van der Waals surface area contributed by atoms with Gasteiger partial charge in [-0.2, -0.15) is 4.98 Å². The van der Waals surface area contributed by atoms with Crippen LogP contribution in [0.3, 0.4) is 0 Å². The van der Waals surface area contributed by atoms with Gasteiger partial charge in [0.05, 0.1) is 11.5 Å². The van der Waals surface area contributed by atoms with Gasteiger partial charge in [-0.15, -0.1) is 0 Å². The Bertz CT molecular complexity index is 418. The number of hydrogen-bond acceptors (Lipinski definition) is 5. The number of rotatable bonds is 4. The highest BCUT2D eigenvalue weighted by molar-refractivity contribution is 5.12. The maximum absolute atomic E-state index is 5.63. The fraction of sp³-hybridized carbons (Fsp3) is 0.857. The number of hydrogen-bond donors (Lipinski definition) is 1. The Labute approximate surface area is 114 Å². The minimum Gasteiger partial charge on any atom is -0.378 e. The summed E-state index contributed by atoms with van der Waals surface area (Å²) in [5.41, 5.74) is 0.0157. The Morgan fingerprint density at radius 3 is 3.00 bits per heavy atom. The van der Waals surface area contributed by atoms with Gasteiger partial charge in [0.1, 0.15) is 0 Å². The first-order chi connectivity index (χ1) is 9.21. The molecular weight excluding hydrogens is 242 g/mol. The van der Waals surface area contributed by atoms with E-state index in [1.54, 1.807) is 0 Å². The smallest absolute Gasteiger partial charge is 0.234 e. The van der Waals surface area contributed by atoms with Gasteiger partial charge in [-0.25, -0.2) is 0 Å². The lowest BCUT2D eigenvalue weighted by atomic mass is 9.76. The molecule has 2 unspecified atom stereocenters. The second-order valence-electron chi connectivity index (χ2n) is 6.09. The summed E-state index contributed by atoms with van der Waals surface area (Å²) in [5.74, 6) is 2.10. The van der Waals surface area contributed by atoms with E-state index in [2.05, 4.69) is 29.3 Å². The minimum atomic E-state index is 0.0157. The summed E-state index contributed by atoms with van der Waals surface area (Å²) in [6.45, 7) is 7.30. The zero-order valence-corrected chi connectivity index (χ0v) is 11.8. The molecule has 2 aliphatic rings.